The zero-order valence-corrected chi connectivity index (χ0v) is 10.2. The van der Waals surface area contributed by atoms with E-state index in [0.717, 1.165) is 4.31 Å². The van der Waals surface area contributed by atoms with E-state index in [1.165, 1.54) is 12.3 Å². The van der Waals surface area contributed by atoms with Crippen LogP contribution in [-0.2, 0) is 21.9 Å². The van der Waals surface area contributed by atoms with Crippen molar-refractivity contribution in [3.63, 3.8) is 0 Å². The first-order valence-electron chi connectivity index (χ1n) is 5.29. The van der Waals surface area contributed by atoms with E-state index in [4.69, 9.17) is 5.11 Å². The largest absolute Gasteiger partial charge is 0.480 e. The molecule has 0 bridgehead atoms. The first-order chi connectivity index (χ1) is 7.93. The molecule has 2 heterocycles. The van der Waals surface area contributed by atoms with Gasteiger partial charge in [0.2, 0.25) is 10.0 Å². The van der Waals surface area contributed by atoms with E-state index in [9.17, 15) is 13.2 Å². The standard InChI is InChI=1S/C10H14N2O4S/c1-11-6-4-8(7-11)17(15,16)12-5-2-3-9(12)10(13)14/h4,6-7,9H,2-3,5H2,1H3,(H,13,14)/t9-/m0/s1. The Labute approximate surface area is 99.5 Å². The number of hydrogen-bond donors (Lipinski definition) is 1. The van der Waals surface area contributed by atoms with Gasteiger partial charge in [-0.15, -0.1) is 0 Å². The summed E-state index contributed by atoms with van der Waals surface area (Å²) in [5.41, 5.74) is 0. The molecule has 0 amide bonds. The monoisotopic (exact) mass is 258 g/mol. The topological polar surface area (TPSA) is 79.6 Å². The average molecular weight is 258 g/mol. The fourth-order valence-corrected chi connectivity index (χ4v) is 3.74. The number of carboxylic acids is 1. The lowest BCUT2D eigenvalue weighted by Crippen LogP contribution is -2.40. The minimum atomic E-state index is -3.68. The second-order valence-electron chi connectivity index (χ2n) is 4.12. The molecule has 1 aliphatic heterocycles. The SMILES string of the molecule is Cn1ccc(S(=O)(=O)N2CCC[C@H]2C(=O)O)c1. The van der Waals surface area contributed by atoms with Crippen LogP contribution in [-0.4, -0.2) is 41.0 Å². The first-order valence-corrected chi connectivity index (χ1v) is 6.73. The Hall–Kier alpha value is -1.34. The Bertz CT molecular complexity index is 534. The number of carbonyl (C=O) groups is 1. The molecule has 94 valence electrons. The highest BCUT2D eigenvalue weighted by Crippen LogP contribution is 2.26. The molecule has 1 saturated heterocycles. The van der Waals surface area contributed by atoms with Crippen LogP contribution >= 0.6 is 0 Å². The fourth-order valence-electron chi connectivity index (χ4n) is 2.04. The fraction of sp³-hybridized carbons (Fsp3) is 0.500. The summed E-state index contributed by atoms with van der Waals surface area (Å²) in [6.45, 7) is 0.272. The number of hydrogen-bond acceptors (Lipinski definition) is 3. The lowest BCUT2D eigenvalue weighted by Gasteiger charge is -2.19. The summed E-state index contributed by atoms with van der Waals surface area (Å²) < 4.78 is 27.1. The number of nitrogens with zero attached hydrogens (tertiary/aromatic N) is 2. The molecule has 6 nitrogen and oxygen atoms in total. The third kappa shape index (κ3) is 2.07. The third-order valence-corrected chi connectivity index (χ3v) is 4.79. The van der Waals surface area contributed by atoms with Gasteiger partial charge in [-0.25, -0.2) is 8.42 Å². The van der Waals surface area contributed by atoms with Crippen LogP contribution in [0.15, 0.2) is 23.4 Å². The predicted molar refractivity (Wildman–Crippen MR) is 60.0 cm³/mol. The number of carboxylic acid groups (broad SMARTS) is 1. The van der Waals surface area contributed by atoms with Gasteiger partial charge in [0.25, 0.3) is 0 Å². The van der Waals surface area contributed by atoms with Gasteiger partial charge in [-0.05, 0) is 18.9 Å². The normalized spacial score (nSPS) is 21.8. The molecule has 1 fully saturated rings. The van der Waals surface area contributed by atoms with Gasteiger partial charge in [0, 0.05) is 26.0 Å². The van der Waals surface area contributed by atoms with Crippen molar-refractivity contribution in [2.45, 2.75) is 23.8 Å². The molecule has 1 atom stereocenters. The average Bonchev–Trinajstić information content (AvgIpc) is 2.84. The quantitative estimate of drug-likeness (QED) is 0.843. The van der Waals surface area contributed by atoms with Gasteiger partial charge in [0.1, 0.15) is 6.04 Å². The molecule has 0 spiro atoms. The van der Waals surface area contributed by atoms with Gasteiger partial charge in [-0.1, -0.05) is 0 Å². The molecule has 1 aliphatic rings. The van der Waals surface area contributed by atoms with Gasteiger partial charge < -0.3 is 9.67 Å². The minimum absolute atomic E-state index is 0.146. The van der Waals surface area contributed by atoms with Gasteiger partial charge in [-0.2, -0.15) is 4.31 Å². The maximum absolute atomic E-state index is 12.2. The van der Waals surface area contributed by atoms with Crippen molar-refractivity contribution in [3.05, 3.63) is 18.5 Å². The molecular weight excluding hydrogens is 244 g/mol. The van der Waals surface area contributed by atoms with Crippen LogP contribution < -0.4 is 0 Å². The van der Waals surface area contributed by atoms with Crippen LogP contribution in [0.1, 0.15) is 12.8 Å². The molecule has 1 aromatic rings. The van der Waals surface area contributed by atoms with Crippen molar-refractivity contribution in [3.8, 4) is 0 Å². The maximum atomic E-state index is 12.2. The molecule has 0 saturated carbocycles. The summed E-state index contributed by atoms with van der Waals surface area (Å²) in [6, 6.07) is 0.548. The number of aliphatic carboxylic acids is 1. The van der Waals surface area contributed by atoms with E-state index in [0.29, 0.717) is 12.8 Å². The molecule has 7 heteroatoms. The van der Waals surface area contributed by atoms with Crippen molar-refractivity contribution in [2.24, 2.45) is 7.05 Å². The lowest BCUT2D eigenvalue weighted by atomic mass is 10.2. The van der Waals surface area contributed by atoms with E-state index in [-0.39, 0.29) is 11.4 Å². The smallest absolute Gasteiger partial charge is 0.322 e. The summed E-state index contributed by atoms with van der Waals surface area (Å²) in [7, 11) is -1.96. The lowest BCUT2D eigenvalue weighted by molar-refractivity contribution is -0.140. The molecule has 0 aliphatic carbocycles. The van der Waals surface area contributed by atoms with Crippen LogP contribution in [0.4, 0.5) is 0 Å². The molecule has 2 rings (SSSR count). The van der Waals surface area contributed by atoms with E-state index >= 15 is 0 Å². The van der Waals surface area contributed by atoms with Crippen molar-refractivity contribution >= 4 is 16.0 Å². The molecular formula is C10H14N2O4S. The van der Waals surface area contributed by atoms with Crippen molar-refractivity contribution in [1.29, 1.82) is 0 Å². The van der Waals surface area contributed by atoms with Crippen LogP contribution in [0.5, 0.6) is 0 Å². The summed E-state index contributed by atoms with van der Waals surface area (Å²) >= 11 is 0. The van der Waals surface area contributed by atoms with Gasteiger partial charge in [0.05, 0.1) is 4.90 Å². The van der Waals surface area contributed by atoms with Crippen molar-refractivity contribution in [2.75, 3.05) is 6.54 Å². The highest BCUT2D eigenvalue weighted by molar-refractivity contribution is 7.89. The Morgan fingerprint density at radius 3 is 2.76 bits per heavy atom. The highest BCUT2D eigenvalue weighted by atomic mass is 32.2. The summed E-state index contributed by atoms with van der Waals surface area (Å²) in [6.07, 6.45) is 4.07. The highest BCUT2D eigenvalue weighted by Gasteiger charge is 2.39. The number of sulfonamides is 1. The number of aryl methyl sites for hydroxylation is 1. The first kappa shape index (κ1) is 12.1. The summed E-state index contributed by atoms with van der Waals surface area (Å²) in [5.74, 6) is -1.08. The zero-order chi connectivity index (χ0) is 12.6. The second kappa shape index (κ2) is 4.15. The molecule has 0 unspecified atom stereocenters. The Morgan fingerprint density at radius 1 is 1.53 bits per heavy atom. The molecule has 0 radical (unpaired) electrons. The van der Waals surface area contributed by atoms with Gasteiger partial charge >= 0.3 is 5.97 Å². The van der Waals surface area contributed by atoms with Crippen LogP contribution in [0, 0.1) is 0 Å². The molecule has 17 heavy (non-hydrogen) atoms. The Kier molecular flexibility index (Phi) is 2.96. The van der Waals surface area contributed by atoms with Crippen LogP contribution in [0.3, 0.4) is 0 Å². The van der Waals surface area contributed by atoms with Crippen LogP contribution in [0.25, 0.3) is 0 Å². The summed E-state index contributed by atoms with van der Waals surface area (Å²) in [4.78, 5) is 11.1. The summed E-state index contributed by atoms with van der Waals surface area (Å²) in [5, 5.41) is 8.99. The van der Waals surface area contributed by atoms with Crippen molar-refractivity contribution < 1.29 is 18.3 Å². The Morgan fingerprint density at radius 2 is 2.24 bits per heavy atom. The van der Waals surface area contributed by atoms with Gasteiger partial charge in [0.15, 0.2) is 0 Å². The third-order valence-electron chi connectivity index (χ3n) is 2.90. The second-order valence-corrected chi connectivity index (χ2v) is 6.02. The Balaban J connectivity index is 2.36. The van der Waals surface area contributed by atoms with Gasteiger partial charge in [-0.3, -0.25) is 4.79 Å². The molecule has 0 aromatic carbocycles. The molecule has 1 N–H and O–H groups in total. The maximum Gasteiger partial charge on any atom is 0.322 e. The van der Waals surface area contributed by atoms with E-state index in [1.54, 1.807) is 17.8 Å². The van der Waals surface area contributed by atoms with E-state index in [1.807, 2.05) is 0 Å². The molecule has 1 aromatic heterocycles. The number of rotatable bonds is 3. The predicted octanol–water partition coefficient (Wildman–Crippen LogP) is 0.263. The van der Waals surface area contributed by atoms with Crippen molar-refractivity contribution in [1.82, 2.24) is 8.87 Å². The van der Waals surface area contributed by atoms with E-state index in [2.05, 4.69) is 0 Å². The van der Waals surface area contributed by atoms with E-state index < -0.39 is 22.0 Å². The zero-order valence-electron chi connectivity index (χ0n) is 9.41. The minimum Gasteiger partial charge on any atom is -0.480 e. The van der Waals surface area contributed by atoms with Crippen LogP contribution in [0.2, 0.25) is 0 Å². The number of aromatic nitrogens is 1.